The average molecular weight is 603 g/mol. The van der Waals surface area contributed by atoms with Gasteiger partial charge in [-0.05, 0) is 54.7 Å². The Morgan fingerprint density at radius 3 is 2.44 bits per heavy atom. The third-order valence-corrected chi connectivity index (χ3v) is 10.00. The van der Waals surface area contributed by atoms with E-state index in [0.717, 1.165) is 43.8 Å². The summed E-state index contributed by atoms with van der Waals surface area (Å²) in [5.74, 6) is -0.631. The number of piperidine rings is 1. The molecule has 10 heteroatoms. The van der Waals surface area contributed by atoms with E-state index in [2.05, 4.69) is 52.7 Å². The highest BCUT2D eigenvalue weighted by molar-refractivity contribution is 5.82. The number of carbonyl (C=O) groups is 2. The maximum atomic E-state index is 14.6. The first kappa shape index (κ1) is 31.3. The van der Waals surface area contributed by atoms with E-state index in [9.17, 15) is 18.0 Å². The van der Waals surface area contributed by atoms with Gasteiger partial charge in [0.1, 0.15) is 17.6 Å². The van der Waals surface area contributed by atoms with E-state index < -0.39 is 12.1 Å². The van der Waals surface area contributed by atoms with Gasteiger partial charge < -0.3 is 29.6 Å². The van der Waals surface area contributed by atoms with Gasteiger partial charge in [0.25, 0.3) is 0 Å². The highest BCUT2D eigenvalue weighted by Crippen LogP contribution is 2.45. The Morgan fingerprint density at radius 1 is 1.05 bits per heavy atom. The molecule has 1 spiro atoms. The summed E-state index contributed by atoms with van der Waals surface area (Å²) >= 11 is 0. The molecule has 2 N–H and O–H groups in total. The quantitative estimate of drug-likeness (QED) is 0.580. The van der Waals surface area contributed by atoms with E-state index in [1.807, 2.05) is 6.07 Å². The van der Waals surface area contributed by atoms with Gasteiger partial charge in [-0.15, -0.1) is 0 Å². The molecule has 3 fully saturated rings. The van der Waals surface area contributed by atoms with Gasteiger partial charge in [0.15, 0.2) is 0 Å². The Balaban J connectivity index is 0.000000472. The number of fused-ring (bicyclic) bond motifs is 2. The molecule has 4 aliphatic rings. The predicted molar refractivity (Wildman–Crippen MR) is 151 cm³/mol. The number of halogens is 3. The molecule has 1 saturated carbocycles. The van der Waals surface area contributed by atoms with E-state index in [1.54, 1.807) is 7.11 Å². The minimum atomic E-state index is -5.19. The normalized spacial score (nSPS) is 27.6. The fourth-order valence-corrected chi connectivity index (χ4v) is 7.92. The Labute approximate surface area is 250 Å². The van der Waals surface area contributed by atoms with Crippen LogP contribution in [0.5, 0.6) is 5.75 Å². The fourth-order valence-electron chi connectivity index (χ4n) is 7.92. The second kappa shape index (κ2) is 13.3. The number of hydrogen-bond acceptors (Lipinski definition) is 5. The largest absolute Gasteiger partial charge is 0.542 e. The van der Waals surface area contributed by atoms with Crippen LogP contribution < -0.4 is 15.2 Å². The Hall–Kier alpha value is -3.11. The molecule has 6 rings (SSSR count). The maximum Gasteiger partial charge on any atom is 0.430 e. The summed E-state index contributed by atoms with van der Waals surface area (Å²) in [5, 5.41) is 11.1. The van der Waals surface area contributed by atoms with Gasteiger partial charge >= 0.3 is 6.18 Å². The minimum Gasteiger partial charge on any atom is -0.542 e. The molecule has 1 amide bonds. The molecule has 4 atom stereocenters. The number of likely N-dealkylation sites (tertiary alicyclic amines) is 1. The molecule has 0 bridgehead atoms. The molecule has 2 aromatic rings. The topological polar surface area (TPSA) is 95.5 Å². The van der Waals surface area contributed by atoms with Crippen molar-refractivity contribution in [1.29, 1.82) is 0 Å². The predicted octanol–water partition coefficient (Wildman–Crippen LogP) is 3.31. The minimum absolute atomic E-state index is 0.0528. The standard InChI is InChI=1S/C31H40N2O3.C2HF3O2/c1-35-29-14-8-13-26-25(29)19-36-21-31(26)20-32-18-27(31)30(34)33-16-15-24(22-9-4-2-5-10-22)17-28(33)23-11-6-3-7-12-23;3-2(4,5)1(6)7/h2,4-5,8-10,13-14,23-24,27-28,32H,3,6-7,11-12,15-21H2,1H3;(H,6,7)/t24?,27-,28-,31+;/m0./s1. The smallest absolute Gasteiger partial charge is 0.430 e. The van der Waals surface area contributed by atoms with E-state index in [4.69, 9.17) is 19.4 Å². The summed E-state index contributed by atoms with van der Waals surface area (Å²) < 4.78 is 43.4. The molecule has 2 saturated heterocycles. The number of nitrogens with two attached hydrogens (primary N) is 1. The zero-order valence-electron chi connectivity index (χ0n) is 24.6. The number of nitrogens with zero attached hydrogens (tertiary/aromatic N) is 1. The Bertz CT molecular complexity index is 1270. The number of hydrogen-bond donors (Lipinski definition) is 1. The van der Waals surface area contributed by atoms with E-state index in [1.165, 1.54) is 43.2 Å². The lowest BCUT2D eigenvalue weighted by Crippen LogP contribution is -2.82. The summed E-state index contributed by atoms with van der Waals surface area (Å²) in [7, 11) is 1.73. The van der Waals surface area contributed by atoms with E-state index in [0.29, 0.717) is 37.0 Å². The number of amides is 1. The van der Waals surface area contributed by atoms with Crippen molar-refractivity contribution in [3.05, 3.63) is 65.2 Å². The second-order valence-corrected chi connectivity index (χ2v) is 12.3. The lowest BCUT2D eigenvalue weighted by atomic mass is 9.68. The lowest BCUT2D eigenvalue weighted by Gasteiger charge is -2.47. The van der Waals surface area contributed by atoms with Crippen LogP contribution in [0.1, 0.15) is 67.6 Å². The number of methoxy groups -OCH3 is 1. The first-order valence-electron chi connectivity index (χ1n) is 15.3. The average Bonchev–Trinajstić information content (AvgIpc) is 3.44. The number of carboxylic acids is 1. The Kier molecular flexibility index (Phi) is 9.66. The second-order valence-electron chi connectivity index (χ2n) is 12.3. The van der Waals surface area contributed by atoms with Crippen LogP contribution in [0.4, 0.5) is 13.2 Å². The summed E-state index contributed by atoms with van der Waals surface area (Å²) in [6, 6.07) is 17.7. The number of carboxylic acid groups (broad SMARTS) is 1. The van der Waals surface area contributed by atoms with Gasteiger partial charge in [0.2, 0.25) is 5.91 Å². The van der Waals surface area contributed by atoms with E-state index >= 15 is 0 Å². The van der Waals surface area contributed by atoms with Crippen LogP contribution in [0.25, 0.3) is 0 Å². The van der Waals surface area contributed by atoms with Crippen molar-refractivity contribution in [3.8, 4) is 5.75 Å². The molecule has 1 unspecified atom stereocenters. The number of aliphatic carboxylic acids is 1. The van der Waals surface area contributed by atoms with Gasteiger partial charge in [-0.1, -0.05) is 61.7 Å². The lowest BCUT2D eigenvalue weighted by molar-refractivity contribution is -0.640. The molecule has 1 aliphatic carbocycles. The molecule has 0 radical (unpaired) electrons. The van der Waals surface area contributed by atoms with Gasteiger partial charge in [0, 0.05) is 18.2 Å². The SMILES string of the molecule is COc1cccc2c1COC[C@]21C[NH2+]C[C@H]1C(=O)N1CCC(c2ccccc2)C[C@H]1C1CCCCC1.O=C([O-])C(F)(F)F. The third kappa shape index (κ3) is 6.55. The van der Waals surface area contributed by atoms with Gasteiger partial charge in [-0.3, -0.25) is 4.79 Å². The van der Waals surface area contributed by atoms with Crippen molar-refractivity contribution < 1.29 is 42.7 Å². The summed E-state index contributed by atoms with van der Waals surface area (Å²) in [6.07, 6.45) is 3.45. The summed E-state index contributed by atoms with van der Waals surface area (Å²) in [5.41, 5.74) is 3.57. The highest BCUT2D eigenvalue weighted by atomic mass is 19.4. The maximum absolute atomic E-state index is 14.6. The summed E-state index contributed by atoms with van der Waals surface area (Å²) in [6.45, 7) is 3.80. The highest BCUT2D eigenvalue weighted by Gasteiger charge is 2.56. The number of alkyl halides is 3. The number of carbonyl (C=O) groups excluding carboxylic acids is 2. The van der Waals surface area contributed by atoms with E-state index in [-0.39, 0.29) is 11.3 Å². The van der Waals surface area contributed by atoms with Crippen LogP contribution in [-0.4, -0.2) is 62.3 Å². The van der Waals surface area contributed by atoms with Crippen molar-refractivity contribution in [3.63, 3.8) is 0 Å². The fraction of sp³-hybridized carbons (Fsp3) is 0.576. The summed E-state index contributed by atoms with van der Waals surface area (Å²) in [4.78, 5) is 25.7. The van der Waals surface area contributed by atoms with Crippen molar-refractivity contribution >= 4 is 11.9 Å². The van der Waals surface area contributed by atoms with Crippen LogP contribution in [-0.2, 0) is 26.3 Å². The van der Waals surface area contributed by atoms with Crippen LogP contribution in [0.3, 0.4) is 0 Å². The van der Waals surface area contributed by atoms with Crippen LogP contribution in [0.15, 0.2) is 48.5 Å². The molecule has 0 aromatic heterocycles. The zero-order valence-corrected chi connectivity index (χ0v) is 24.6. The van der Waals surface area contributed by atoms with Gasteiger partial charge in [0.05, 0.1) is 38.8 Å². The van der Waals surface area contributed by atoms with Crippen LogP contribution in [0, 0.1) is 11.8 Å². The molecule has 7 nitrogen and oxygen atoms in total. The molecule has 43 heavy (non-hydrogen) atoms. The molecule has 234 valence electrons. The monoisotopic (exact) mass is 602 g/mol. The van der Waals surface area contributed by atoms with Crippen molar-refractivity contribution in [2.75, 3.05) is 33.4 Å². The van der Waals surface area contributed by atoms with Gasteiger partial charge in [-0.2, -0.15) is 13.2 Å². The van der Waals surface area contributed by atoms with Crippen LogP contribution in [0.2, 0.25) is 0 Å². The number of rotatable bonds is 4. The first-order chi connectivity index (χ1) is 20.7. The molecule has 2 aromatic carbocycles. The van der Waals surface area contributed by atoms with Crippen LogP contribution >= 0.6 is 0 Å². The molecular formula is C33H41F3N2O5. The molecule has 3 heterocycles. The molecule has 3 aliphatic heterocycles. The Morgan fingerprint density at radius 2 is 1.77 bits per heavy atom. The van der Waals surface area contributed by atoms with Gasteiger partial charge in [-0.25, -0.2) is 0 Å². The first-order valence-corrected chi connectivity index (χ1v) is 15.3. The number of benzene rings is 2. The molecular weight excluding hydrogens is 561 g/mol. The number of ether oxygens (including phenoxy) is 2. The zero-order chi connectivity index (χ0) is 30.6. The van der Waals surface area contributed by atoms with Crippen molar-refractivity contribution in [2.45, 2.75) is 75.1 Å². The number of quaternary nitrogens is 1. The third-order valence-electron chi connectivity index (χ3n) is 10.00. The van der Waals surface area contributed by atoms with Crippen molar-refractivity contribution in [2.24, 2.45) is 11.8 Å². The van der Waals surface area contributed by atoms with Crippen molar-refractivity contribution in [1.82, 2.24) is 4.90 Å².